The highest BCUT2D eigenvalue weighted by Gasteiger charge is 2.17. The number of hydrogen-bond acceptors (Lipinski definition) is 5. The Balaban J connectivity index is 1.83. The lowest BCUT2D eigenvalue weighted by Crippen LogP contribution is -2.24. The Hall–Kier alpha value is -2.11. The molecular weight excluding hydrogens is 259 g/mol. The van der Waals surface area contributed by atoms with Crippen molar-refractivity contribution in [1.29, 1.82) is 0 Å². The Morgan fingerprint density at radius 3 is 2.60 bits per heavy atom. The molecule has 1 aromatic heterocycles. The lowest BCUT2D eigenvalue weighted by molar-refractivity contribution is 0.429. The van der Waals surface area contributed by atoms with Gasteiger partial charge in [0.1, 0.15) is 5.82 Å². The molecule has 106 valence electrons. The molecule has 3 rings (SSSR count). The van der Waals surface area contributed by atoms with Crippen molar-refractivity contribution in [2.24, 2.45) is 0 Å². The van der Waals surface area contributed by atoms with Crippen molar-refractivity contribution in [3.8, 4) is 11.5 Å². The minimum atomic E-state index is -0.475. The van der Waals surface area contributed by atoms with Crippen molar-refractivity contribution in [1.82, 2.24) is 10.1 Å². The van der Waals surface area contributed by atoms with Crippen molar-refractivity contribution in [2.45, 2.75) is 25.7 Å². The van der Waals surface area contributed by atoms with Gasteiger partial charge in [-0.2, -0.15) is 4.98 Å². The van der Waals surface area contributed by atoms with E-state index in [0.717, 1.165) is 25.9 Å². The second-order valence-electron chi connectivity index (χ2n) is 5.04. The summed E-state index contributed by atoms with van der Waals surface area (Å²) in [6, 6.07) is 4.49. The van der Waals surface area contributed by atoms with Gasteiger partial charge in [-0.1, -0.05) is 12.8 Å². The van der Waals surface area contributed by atoms with Crippen LogP contribution in [0.3, 0.4) is 0 Å². The molecule has 1 fully saturated rings. The van der Waals surface area contributed by atoms with E-state index in [0.29, 0.717) is 17.4 Å². The Kier molecular flexibility index (Phi) is 3.54. The molecule has 0 saturated carbocycles. The van der Waals surface area contributed by atoms with Crippen molar-refractivity contribution < 1.29 is 8.91 Å². The highest BCUT2D eigenvalue weighted by Crippen LogP contribution is 2.24. The fourth-order valence-corrected chi connectivity index (χ4v) is 2.39. The van der Waals surface area contributed by atoms with Crippen LogP contribution < -0.4 is 10.6 Å². The maximum absolute atomic E-state index is 13.5. The number of aromatic nitrogens is 2. The van der Waals surface area contributed by atoms with E-state index in [-0.39, 0.29) is 5.69 Å². The van der Waals surface area contributed by atoms with Gasteiger partial charge < -0.3 is 15.2 Å². The van der Waals surface area contributed by atoms with Gasteiger partial charge >= 0.3 is 0 Å². The van der Waals surface area contributed by atoms with E-state index >= 15 is 0 Å². The second-order valence-corrected chi connectivity index (χ2v) is 5.04. The molecular formula is C14H17FN4O. The molecule has 1 aliphatic rings. The molecule has 5 nitrogen and oxygen atoms in total. The van der Waals surface area contributed by atoms with Crippen LogP contribution >= 0.6 is 0 Å². The number of hydrogen-bond donors (Lipinski definition) is 1. The van der Waals surface area contributed by atoms with Crippen LogP contribution in [0.1, 0.15) is 25.7 Å². The highest BCUT2D eigenvalue weighted by molar-refractivity contribution is 5.58. The summed E-state index contributed by atoms with van der Waals surface area (Å²) >= 11 is 0. The zero-order valence-electron chi connectivity index (χ0n) is 11.2. The third kappa shape index (κ3) is 2.59. The number of benzene rings is 1. The van der Waals surface area contributed by atoms with Gasteiger partial charge in [0.05, 0.1) is 5.69 Å². The summed E-state index contributed by atoms with van der Waals surface area (Å²) in [7, 11) is 0. The Labute approximate surface area is 116 Å². The smallest absolute Gasteiger partial charge is 0.266 e. The average molecular weight is 276 g/mol. The van der Waals surface area contributed by atoms with Gasteiger partial charge in [-0.05, 0) is 36.2 Å². The fraction of sp³-hybridized carbons (Fsp3) is 0.429. The van der Waals surface area contributed by atoms with Crippen molar-refractivity contribution in [3.05, 3.63) is 24.0 Å². The van der Waals surface area contributed by atoms with Crippen molar-refractivity contribution >= 4 is 11.6 Å². The fourth-order valence-electron chi connectivity index (χ4n) is 2.39. The number of nitrogen functional groups attached to an aromatic ring is 1. The zero-order chi connectivity index (χ0) is 13.9. The van der Waals surface area contributed by atoms with Crippen LogP contribution in [0.5, 0.6) is 0 Å². The largest absolute Gasteiger partial charge is 0.396 e. The van der Waals surface area contributed by atoms with E-state index in [2.05, 4.69) is 15.0 Å². The molecule has 20 heavy (non-hydrogen) atoms. The molecule has 0 spiro atoms. The van der Waals surface area contributed by atoms with Gasteiger partial charge in [-0.15, -0.1) is 0 Å². The van der Waals surface area contributed by atoms with Gasteiger partial charge in [-0.3, -0.25) is 0 Å². The van der Waals surface area contributed by atoms with E-state index in [9.17, 15) is 4.39 Å². The topological polar surface area (TPSA) is 68.2 Å². The summed E-state index contributed by atoms with van der Waals surface area (Å²) in [5, 5.41) is 4.00. The number of halogens is 1. The molecule has 2 aromatic rings. The van der Waals surface area contributed by atoms with Crippen molar-refractivity contribution in [2.75, 3.05) is 23.7 Å². The van der Waals surface area contributed by atoms with E-state index < -0.39 is 5.82 Å². The van der Waals surface area contributed by atoms with Crippen LogP contribution in [0.25, 0.3) is 11.5 Å². The van der Waals surface area contributed by atoms with Gasteiger partial charge in [0.15, 0.2) is 0 Å². The number of rotatable bonds is 2. The third-order valence-electron chi connectivity index (χ3n) is 3.55. The summed E-state index contributed by atoms with van der Waals surface area (Å²) in [6.07, 6.45) is 4.76. The van der Waals surface area contributed by atoms with Crippen LogP contribution in [-0.4, -0.2) is 23.2 Å². The first kappa shape index (κ1) is 12.9. The first-order chi connectivity index (χ1) is 9.74. The molecule has 1 saturated heterocycles. The van der Waals surface area contributed by atoms with Crippen LogP contribution in [0.15, 0.2) is 22.7 Å². The molecule has 0 atom stereocenters. The first-order valence-electron chi connectivity index (χ1n) is 6.88. The minimum absolute atomic E-state index is 0.112. The molecule has 2 N–H and O–H groups in total. The molecule has 6 heteroatoms. The maximum atomic E-state index is 13.5. The van der Waals surface area contributed by atoms with Gasteiger partial charge in [0, 0.05) is 18.7 Å². The highest BCUT2D eigenvalue weighted by atomic mass is 19.1. The summed E-state index contributed by atoms with van der Waals surface area (Å²) in [5.74, 6) is 0.430. The van der Waals surface area contributed by atoms with Gasteiger partial charge in [0.2, 0.25) is 0 Å². The van der Waals surface area contributed by atoms with Crippen LogP contribution in [0, 0.1) is 5.82 Å². The molecule has 0 radical (unpaired) electrons. The number of nitrogens with two attached hydrogens (primary N) is 1. The van der Waals surface area contributed by atoms with Crippen molar-refractivity contribution in [3.63, 3.8) is 0 Å². The second kappa shape index (κ2) is 5.48. The molecule has 2 heterocycles. The lowest BCUT2D eigenvalue weighted by Gasteiger charge is -2.16. The first-order valence-corrected chi connectivity index (χ1v) is 6.88. The average Bonchev–Trinajstić information content (AvgIpc) is 2.78. The van der Waals surface area contributed by atoms with E-state index in [1.807, 2.05) is 0 Å². The zero-order valence-corrected chi connectivity index (χ0v) is 11.2. The molecule has 0 bridgehead atoms. The predicted molar refractivity (Wildman–Crippen MR) is 74.8 cm³/mol. The Morgan fingerprint density at radius 2 is 1.90 bits per heavy atom. The minimum Gasteiger partial charge on any atom is -0.396 e. The van der Waals surface area contributed by atoms with Crippen LogP contribution in [0.2, 0.25) is 0 Å². The van der Waals surface area contributed by atoms with E-state index in [4.69, 9.17) is 10.3 Å². The Bertz CT molecular complexity index is 591. The molecule has 1 aromatic carbocycles. The SMILES string of the molecule is Nc1ccc(-c2nc(N3CCCCCC3)no2)cc1F. The third-order valence-corrected chi connectivity index (χ3v) is 3.55. The summed E-state index contributed by atoms with van der Waals surface area (Å²) in [5.41, 5.74) is 6.11. The molecule has 0 amide bonds. The predicted octanol–water partition coefficient (Wildman–Crippen LogP) is 2.84. The van der Waals surface area contributed by atoms with E-state index in [1.165, 1.54) is 25.0 Å². The normalized spacial score (nSPS) is 16.1. The van der Waals surface area contributed by atoms with E-state index in [1.54, 1.807) is 6.07 Å². The maximum Gasteiger partial charge on any atom is 0.266 e. The van der Waals surface area contributed by atoms with Gasteiger partial charge in [0.25, 0.3) is 11.8 Å². The summed E-state index contributed by atoms with van der Waals surface area (Å²) < 4.78 is 18.7. The standard InChI is InChI=1S/C14H17FN4O/c15-11-9-10(5-6-12(11)16)13-17-14(18-20-13)19-7-3-1-2-4-8-19/h5-6,9H,1-4,7-8,16H2. The molecule has 0 unspecified atom stereocenters. The summed E-state index contributed by atoms with van der Waals surface area (Å²) in [6.45, 7) is 1.88. The monoisotopic (exact) mass is 276 g/mol. The van der Waals surface area contributed by atoms with Gasteiger partial charge in [-0.25, -0.2) is 4.39 Å². The molecule has 0 aliphatic carbocycles. The van der Waals surface area contributed by atoms with Crippen LogP contribution in [-0.2, 0) is 0 Å². The van der Waals surface area contributed by atoms with Crippen LogP contribution in [0.4, 0.5) is 16.0 Å². The summed E-state index contributed by atoms with van der Waals surface area (Å²) in [4.78, 5) is 6.48. The Morgan fingerprint density at radius 1 is 1.15 bits per heavy atom. The number of anilines is 2. The molecule has 1 aliphatic heterocycles. The lowest BCUT2D eigenvalue weighted by atomic mass is 10.2. The quantitative estimate of drug-likeness (QED) is 0.854. The number of nitrogens with zero attached hydrogens (tertiary/aromatic N) is 3.